The lowest BCUT2D eigenvalue weighted by atomic mass is 10.1. The van der Waals surface area contributed by atoms with Gasteiger partial charge >= 0.3 is 5.97 Å². The SMILES string of the molecule is CCC(O)CNc1c(F)cc(C(=O)O)cc1F. The molecule has 0 aliphatic heterocycles. The second-order valence-corrected chi connectivity index (χ2v) is 3.56. The Hall–Kier alpha value is -1.69. The molecular weight excluding hydrogens is 232 g/mol. The molecule has 0 aliphatic carbocycles. The van der Waals surface area contributed by atoms with Gasteiger partial charge in [-0.05, 0) is 18.6 Å². The number of hydrogen-bond acceptors (Lipinski definition) is 3. The van der Waals surface area contributed by atoms with Crippen LogP contribution < -0.4 is 5.32 Å². The molecular formula is C11H13F2NO3. The fourth-order valence-electron chi connectivity index (χ4n) is 1.23. The highest BCUT2D eigenvalue weighted by atomic mass is 19.1. The number of carbonyl (C=O) groups is 1. The Labute approximate surface area is 96.9 Å². The molecule has 6 heteroatoms. The van der Waals surface area contributed by atoms with Gasteiger partial charge in [0.2, 0.25) is 0 Å². The molecule has 1 aromatic carbocycles. The van der Waals surface area contributed by atoms with Crippen LogP contribution in [0.1, 0.15) is 23.7 Å². The summed E-state index contributed by atoms with van der Waals surface area (Å²) in [6, 6.07) is 1.46. The maximum absolute atomic E-state index is 13.4. The molecule has 0 saturated carbocycles. The molecule has 0 aliphatic rings. The van der Waals surface area contributed by atoms with Crippen LogP contribution in [0.15, 0.2) is 12.1 Å². The fraction of sp³-hybridized carbons (Fsp3) is 0.364. The number of aliphatic hydroxyl groups excluding tert-OH is 1. The van der Waals surface area contributed by atoms with Gasteiger partial charge in [-0.25, -0.2) is 13.6 Å². The lowest BCUT2D eigenvalue weighted by Gasteiger charge is -2.12. The quantitative estimate of drug-likeness (QED) is 0.740. The van der Waals surface area contributed by atoms with Crippen molar-refractivity contribution in [2.24, 2.45) is 0 Å². The van der Waals surface area contributed by atoms with Crippen LogP contribution in [0.4, 0.5) is 14.5 Å². The summed E-state index contributed by atoms with van der Waals surface area (Å²) < 4.78 is 26.8. The summed E-state index contributed by atoms with van der Waals surface area (Å²) in [6.07, 6.45) is -0.267. The van der Waals surface area contributed by atoms with E-state index in [-0.39, 0.29) is 6.54 Å². The molecule has 3 N–H and O–H groups in total. The highest BCUT2D eigenvalue weighted by Gasteiger charge is 2.15. The lowest BCUT2D eigenvalue weighted by molar-refractivity contribution is 0.0695. The van der Waals surface area contributed by atoms with Crippen LogP contribution in [0.3, 0.4) is 0 Å². The van der Waals surface area contributed by atoms with Crippen molar-refractivity contribution in [3.63, 3.8) is 0 Å². The lowest BCUT2D eigenvalue weighted by Crippen LogP contribution is -2.19. The van der Waals surface area contributed by atoms with Crippen LogP contribution in [0.25, 0.3) is 0 Å². The van der Waals surface area contributed by atoms with Gasteiger partial charge in [-0.15, -0.1) is 0 Å². The van der Waals surface area contributed by atoms with Crippen molar-refractivity contribution in [2.45, 2.75) is 19.4 Å². The maximum atomic E-state index is 13.4. The number of rotatable bonds is 5. The van der Waals surface area contributed by atoms with Gasteiger partial charge in [0.25, 0.3) is 0 Å². The van der Waals surface area contributed by atoms with Crippen molar-refractivity contribution in [3.05, 3.63) is 29.3 Å². The molecule has 0 amide bonds. The first-order chi connectivity index (χ1) is 7.95. The third-order valence-electron chi connectivity index (χ3n) is 2.27. The zero-order chi connectivity index (χ0) is 13.0. The molecule has 0 aromatic heterocycles. The van der Waals surface area contributed by atoms with Gasteiger partial charge in [-0.2, -0.15) is 0 Å². The number of anilines is 1. The van der Waals surface area contributed by atoms with Crippen molar-refractivity contribution in [3.8, 4) is 0 Å². The summed E-state index contributed by atoms with van der Waals surface area (Å²) >= 11 is 0. The molecule has 17 heavy (non-hydrogen) atoms. The summed E-state index contributed by atoms with van der Waals surface area (Å²) in [7, 11) is 0. The van der Waals surface area contributed by atoms with Gasteiger partial charge in [0.15, 0.2) is 0 Å². The summed E-state index contributed by atoms with van der Waals surface area (Å²) in [4.78, 5) is 10.5. The van der Waals surface area contributed by atoms with E-state index in [0.717, 1.165) is 12.1 Å². The second-order valence-electron chi connectivity index (χ2n) is 3.56. The highest BCUT2D eigenvalue weighted by Crippen LogP contribution is 2.20. The number of aliphatic hydroxyl groups is 1. The van der Waals surface area contributed by atoms with Crippen LogP contribution >= 0.6 is 0 Å². The molecule has 0 heterocycles. The zero-order valence-electron chi connectivity index (χ0n) is 9.20. The van der Waals surface area contributed by atoms with E-state index >= 15 is 0 Å². The first-order valence-electron chi connectivity index (χ1n) is 5.10. The van der Waals surface area contributed by atoms with Gasteiger partial charge in [-0.3, -0.25) is 0 Å². The standard InChI is InChI=1S/C11H13F2NO3/c1-2-7(15)5-14-10-8(12)3-6(11(16)17)4-9(10)13/h3-4,7,14-15H,2,5H2,1H3,(H,16,17). The molecule has 0 bridgehead atoms. The third kappa shape index (κ3) is 3.39. The van der Waals surface area contributed by atoms with E-state index in [1.54, 1.807) is 6.92 Å². The molecule has 0 fully saturated rings. The van der Waals surface area contributed by atoms with Gasteiger partial charge < -0.3 is 15.5 Å². The molecule has 0 spiro atoms. The normalized spacial score (nSPS) is 12.2. The zero-order valence-corrected chi connectivity index (χ0v) is 9.20. The van der Waals surface area contributed by atoms with Gasteiger partial charge in [0, 0.05) is 6.54 Å². The number of nitrogens with one attached hydrogen (secondary N) is 1. The van der Waals surface area contributed by atoms with Gasteiger partial charge in [0.1, 0.15) is 17.3 Å². The highest BCUT2D eigenvalue weighted by molar-refractivity contribution is 5.88. The van der Waals surface area contributed by atoms with Crippen LogP contribution in [0.2, 0.25) is 0 Å². The van der Waals surface area contributed by atoms with Crippen LogP contribution in [0, 0.1) is 11.6 Å². The molecule has 94 valence electrons. The summed E-state index contributed by atoms with van der Waals surface area (Å²) in [6.45, 7) is 1.73. The maximum Gasteiger partial charge on any atom is 0.335 e. The number of hydrogen-bond donors (Lipinski definition) is 3. The van der Waals surface area contributed by atoms with Crippen molar-refractivity contribution >= 4 is 11.7 Å². The van der Waals surface area contributed by atoms with Gasteiger partial charge in [0.05, 0.1) is 11.7 Å². The Bertz CT molecular complexity index is 400. The minimum atomic E-state index is -1.40. The molecule has 1 unspecified atom stereocenters. The van der Waals surface area contributed by atoms with E-state index in [0.29, 0.717) is 6.42 Å². The molecule has 0 radical (unpaired) electrons. The van der Waals surface area contributed by atoms with E-state index in [9.17, 15) is 18.7 Å². The largest absolute Gasteiger partial charge is 0.478 e. The topological polar surface area (TPSA) is 69.6 Å². The summed E-state index contributed by atoms with van der Waals surface area (Å²) in [5.74, 6) is -3.39. The van der Waals surface area contributed by atoms with E-state index in [1.165, 1.54) is 0 Å². The summed E-state index contributed by atoms with van der Waals surface area (Å²) in [5, 5.41) is 20.2. The van der Waals surface area contributed by atoms with E-state index in [1.807, 2.05) is 0 Å². The first kappa shape index (κ1) is 13.4. The van der Waals surface area contributed by atoms with Crippen molar-refractivity contribution in [1.29, 1.82) is 0 Å². The van der Waals surface area contributed by atoms with Crippen molar-refractivity contribution < 1.29 is 23.8 Å². The van der Waals surface area contributed by atoms with E-state index < -0.39 is 35.0 Å². The summed E-state index contributed by atoms with van der Waals surface area (Å²) in [5.41, 5.74) is -0.885. The predicted molar refractivity (Wildman–Crippen MR) is 58.1 cm³/mol. The third-order valence-corrected chi connectivity index (χ3v) is 2.27. The molecule has 1 rings (SSSR count). The molecule has 4 nitrogen and oxygen atoms in total. The predicted octanol–water partition coefficient (Wildman–Crippen LogP) is 1.85. The minimum absolute atomic E-state index is 0.00322. The first-order valence-corrected chi connectivity index (χ1v) is 5.10. The fourth-order valence-corrected chi connectivity index (χ4v) is 1.23. The average molecular weight is 245 g/mol. The average Bonchev–Trinajstić information content (AvgIpc) is 2.27. The number of halogens is 2. The minimum Gasteiger partial charge on any atom is -0.478 e. The second kappa shape index (κ2) is 5.58. The van der Waals surface area contributed by atoms with Crippen LogP contribution in [-0.4, -0.2) is 28.8 Å². The van der Waals surface area contributed by atoms with Crippen molar-refractivity contribution in [1.82, 2.24) is 0 Å². The number of carboxylic acid groups (broad SMARTS) is 1. The Balaban J connectivity index is 2.90. The monoisotopic (exact) mass is 245 g/mol. The smallest absolute Gasteiger partial charge is 0.335 e. The molecule has 1 atom stereocenters. The Morgan fingerprint density at radius 1 is 1.41 bits per heavy atom. The van der Waals surface area contributed by atoms with Crippen molar-refractivity contribution in [2.75, 3.05) is 11.9 Å². The van der Waals surface area contributed by atoms with E-state index in [2.05, 4.69) is 5.32 Å². The Morgan fingerprint density at radius 2 is 1.94 bits per heavy atom. The number of carboxylic acids is 1. The Morgan fingerprint density at radius 3 is 2.35 bits per heavy atom. The van der Waals surface area contributed by atoms with Crippen LogP contribution in [0.5, 0.6) is 0 Å². The molecule has 1 aromatic rings. The van der Waals surface area contributed by atoms with Crippen LogP contribution in [-0.2, 0) is 0 Å². The number of aromatic carboxylic acids is 1. The van der Waals surface area contributed by atoms with Gasteiger partial charge in [-0.1, -0.05) is 6.92 Å². The number of benzene rings is 1. The van der Waals surface area contributed by atoms with E-state index in [4.69, 9.17) is 5.11 Å². The Kier molecular flexibility index (Phi) is 4.39. The molecule has 0 saturated heterocycles.